The Kier molecular flexibility index (Phi) is 5.26. The molecule has 1 N–H and O–H groups in total. The molecule has 0 aliphatic carbocycles. The fourth-order valence-corrected chi connectivity index (χ4v) is 2.84. The molecule has 0 bridgehead atoms. The quantitative estimate of drug-likeness (QED) is 0.873. The summed E-state index contributed by atoms with van der Waals surface area (Å²) >= 11 is 3.51. The van der Waals surface area contributed by atoms with Crippen LogP contribution >= 0.6 is 15.9 Å². The minimum absolute atomic E-state index is 0.0139. The first kappa shape index (κ1) is 15.1. The molecule has 0 saturated heterocycles. The Labute approximate surface area is 127 Å². The molecule has 0 aliphatic rings. The van der Waals surface area contributed by atoms with Gasteiger partial charge in [-0.1, -0.05) is 35.8 Å². The van der Waals surface area contributed by atoms with Crippen molar-refractivity contribution in [1.82, 2.24) is 10.3 Å². The summed E-state index contributed by atoms with van der Waals surface area (Å²) in [5, 5.41) is 3.43. The second-order valence-electron chi connectivity index (χ2n) is 4.74. The van der Waals surface area contributed by atoms with E-state index < -0.39 is 0 Å². The van der Waals surface area contributed by atoms with Gasteiger partial charge in [0.1, 0.15) is 5.82 Å². The lowest BCUT2D eigenvalue weighted by atomic mass is 9.91. The Hall–Kier alpha value is -1.26. The summed E-state index contributed by atoms with van der Waals surface area (Å²) in [5.74, 6) is -0.0754. The number of likely N-dealkylation sites (N-methyl/N-ethyl adjacent to an activating group) is 1. The van der Waals surface area contributed by atoms with Crippen LogP contribution in [0, 0.1) is 5.82 Å². The van der Waals surface area contributed by atoms with Gasteiger partial charge in [0.05, 0.1) is 0 Å². The van der Waals surface area contributed by atoms with Gasteiger partial charge in [0.2, 0.25) is 0 Å². The highest BCUT2D eigenvalue weighted by Crippen LogP contribution is 2.34. The summed E-state index contributed by atoms with van der Waals surface area (Å²) in [6.07, 6.45) is 1.79. The molecule has 2 rings (SSSR count). The predicted octanol–water partition coefficient (Wildman–Crippen LogP) is 4.44. The van der Waals surface area contributed by atoms with Gasteiger partial charge < -0.3 is 5.32 Å². The Morgan fingerprint density at radius 3 is 2.75 bits per heavy atom. The van der Waals surface area contributed by atoms with Crippen LogP contribution in [-0.4, -0.2) is 11.5 Å². The first-order valence-corrected chi connectivity index (χ1v) is 7.52. The van der Waals surface area contributed by atoms with E-state index in [0.29, 0.717) is 0 Å². The van der Waals surface area contributed by atoms with E-state index in [4.69, 9.17) is 0 Å². The number of nitrogens with zero attached hydrogens (tertiary/aromatic N) is 1. The summed E-state index contributed by atoms with van der Waals surface area (Å²) in [4.78, 5) is 4.41. The molecule has 1 heterocycles. The topological polar surface area (TPSA) is 24.9 Å². The second kappa shape index (κ2) is 6.95. The number of rotatable bonds is 5. The van der Waals surface area contributed by atoms with Crippen LogP contribution in [0.5, 0.6) is 0 Å². The fraction of sp³-hybridized carbons (Fsp3) is 0.312. The van der Waals surface area contributed by atoms with Crippen molar-refractivity contribution >= 4 is 15.9 Å². The van der Waals surface area contributed by atoms with Crippen LogP contribution in [0.25, 0.3) is 0 Å². The molecular formula is C16H18BrFN2. The van der Waals surface area contributed by atoms with Gasteiger partial charge in [0.25, 0.3) is 0 Å². The molecule has 0 radical (unpaired) electrons. The maximum atomic E-state index is 13.5. The van der Waals surface area contributed by atoms with Crippen LogP contribution in [0.1, 0.15) is 37.1 Å². The monoisotopic (exact) mass is 336 g/mol. The lowest BCUT2D eigenvalue weighted by Gasteiger charge is -2.26. The summed E-state index contributed by atoms with van der Waals surface area (Å²) in [7, 11) is 0. The van der Waals surface area contributed by atoms with Gasteiger partial charge >= 0.3 is 0 Å². The predicted molar refractivity (Wildman–Crippen MR) is 83.2 cm³/mol. The minimum Gasteiger partial charge on any atom is -0.310 e. The fourth-order valence-electron chi connectivity index (χ4n) is 2.35. The highest BCUT2D eigenvalue weighted by molar-refractivity contribution is 9.10. The van der Waals surface area contributed by atoms with E-state index in [1.54, 1.807) is 18.3 Å². The molecular weight excluding hydrogens is 319 g/mol. The maximum Gasteiger partial charge on any atom is 0.123 e. The van der Waals surface area contributed by atoms with Crippen LogP contribution in [-0.2, 0) is 0 Å². The normalized spacial score (nSPS) is 14.0. The third kappa shape index (κ3) is 3.44. The van der Waals surface area contributed by atoms with Gasteiger partial charge in [-0.3, -0.25) is 4.98 Å². The van der Waals surface area contributed by atoms with Crippen molar-refractivity contribution < 1.29 is 4.39 Å². The Balaban J connectivity index is 2.38. The van der Waals surface area contributed by atoms with Gasteiger partial charge in [0, 0.05) is 28.3 Å². The van der Waals surface area contributed by atoms with Crippen molar-refractivity contribution in [1.29, 1.82) is 0 Å². The summed E-state index contributed by atoms with van der Waals surface area (Å²) in [5.41, 5.74) is 1.92. The summed E-state index contributed by atoms with van der Waals surface area (Å²) < 4.78 is 14.5. The number of pyridine rings is 1. The van der Waals surface area contributed by atoms with Crippen LogP contribution in [0.4, 0.5) is 4.39 Å². The number of nitrogens with one attached hydrogen (secondary N) is 1. The number of halogens is 2. The number of benzene rings is 1. The first-order chi connectivity index (χ1) is 9.63. The van der Waals surface area contributed by atoms with Gasteiger partial charge in [-0.25, -0.2) is 4.39 Å². The van der Waals surface area contributed by atoms with E-state index in [1.807, 2.05) is 25.1 Å². The molecule has 2 aromatic rings. The molecule has 0 aliphatic heterocycles. The minimum atomic E-state index is -0.223. The third-order valence-electron chi connectivity index (χ3n) is 3.37. The van der Waals surface area contributed by atoms with Crippen molar-refractivity contribution in [3.05, 3.63) is 64.1 Å². The van der Waals surface area contributed by atoms with Crippen LogP contribution in [0.15, 0.2) is 47.1 Å². The number of hydrogen-bond acceptors (Lipinski definition) is 2. The first-order valence-electron chi connectivity index (χ1n) is 6.72. The van der Waals surface area contributed by atoms with Gasteiger partial charge in [-0.15, -0.1) is 0 Å². The molecule has 0 amide bonds. The van der Waals surface area contributed by atoms with Gasteiger partial charge in [-0.05, 0) is 42.4 Å². The zero-order valence-electron chi connectivity index (χ0n) is 11.6. The number of hydrogen-bond donors (Lipinski definition) is 1. The molecule has 2 nitrogen and oxygen atoms in total. The molecule has 20 heavy (non-hydrogen) atoms. The molecule has 1 aromatic carbocycles. The van der Waals surface area contributed by atoms with E-state index in [1.165, 1.54) is 6.07 Å². The molecule has 2 atom stereocenters. The molecule has 0 fully saturated rings. The second-order valence-corrected chi connectivity index (χ2v) is 5.60. The van der Waals surface area contributed by atoms with E-state index in [9.17, 15) is 4.39 Å². The van der Waals surface area contributed by atoms with Gasteiger partial charge in [0.15, 0.2) is 0 Å². The lowest BCUT2D eigenvalue weighted by molar-refractivity contribution is 0.467. The van der Waals surface area contributed by atoms with Crippen molar-refractivity contribution in [3.8, 4) is 0 Å². The van der Waals surface area contributed by atoms with E-state index in [-0.39, 0.29) is 17.8 Å². The van der Waals surface area contributed by atoms with Crippen molar-refractivity contribution in [2.24, 2.45) is 0 Å². The van der Waals surface area contributed by atoms with Crippen molar-refractivity contribution in [2.45, 2.75) is 25.8 Å². The zero-order chi connectivity index (χ0) is 14.5. The van der Waals surface area contributed by atoms with E-state index in [0.717, 1.165) is 22.3 Å². The number of aromatic nitrogens is 1. The van der Waals surface area contributed by atoms with E-state index >= 15 is 0 Å². The molecule has 1 aromatic heterocycles. The Morgan fingerprint density at radius 1 is 1.30 bits per heavy atom. The standard InChI is InChI=1S/C16H18BrFN2/c1-3-19-16(11(2)15-6-4-5-9-20-15)13-10-12(18)7-8-14(13)17/h4-11,16,19H,3H2,1-2H3. The maximum absolute atomic E-state index is 13.5. The largest absolute Gasteiger partial charge is 0.310 e. The third-order valence-corrected chi connectivity index (χ3v) is 4.09. The molecule has 106 valence electrons. The molecule has 0 spiro atoms. The summed E-state index contributed by atoms with van der Waals surface area (Å²) in [6, 6.07) is 10.7. The molecule has 2 unspecified atom stereocenters. The lowest BCUT2D eigenvalue weighted by Crippen LogP contribution is -2.26. The highest BCUT2D eigenvalue weighted by Gasteiger charge is 2.23. The Bertz CT molecular complexity index is 560. The van der Waals surface area contributed by atoms with E-state index in [2.05, 4.69) is 33.2 Å². The smallest absolute Gasteiger partial charge is 0.123 e. The average Bonchev–Trinajstić information content (AvgIpc) is 2.48. The van der Waals surface area contributed by atoms with Gasteiger partial charge in [-0.2, -0.15) is 0 Å². The SMILES string of the molecule is CCNC(c1cc(F)ccc1Br)C(C)c1ccccn1. The zero-order valence-corrected chi connectivity index (χ0v) is 13.2. The Morgan fingerprint density at radius 2 is 2.10 bits per heavy atom. The molecule has 4 heteroatoms. The average molecular weight is 337 g/mol. The molecule has 0 saturated carbocycles. The van der Waals surface area contributed by atoms with Crippen LogP contribution < -0.4 is 5.32 Å². The summed E-state index contributed by atoms with van der Waals surface area (Å²) in [6.45, 7) is 4.96. The van der Waals surface area contributed by atoms with Crippen LogP contribution in [0.3, 0.4) is 0 Å². The highest BCUT2D eigenvalue weighted by atomic mass is 79.9. The van der Waals surface area contributed by atoms with Crippen molar-refractivity contribution in [2.75, 3.05) is 6.54 Å². The van der Waals surface area contributed by atoms with Crippen LogP contribution in [0.2, 0.25) is 0 Å². The van der Waals surface area contributed by atoms with Crippen molar-refractivity contribution in [3.63, 3.8) is 0 Å².